The van der Waals surface area contributed by atoms with Gasteiger partial charge in [-0.25, -0.2) is 9.59 Å². The summed E-state index contributed by atoms with van der Waals surface area (Å²) < 4.78 is 33.1. The van der Waals surface area contributed by atoms with Gasteiger partial charge in [-0.2, -0.15) is 8.42 Å². The van der Waals surface area contributed by atoms with Crippen molar-refractivity contribution in [3.05, 3.63) is 35.9 Å². The molecule has 2 rings (SSSR count). The van der Waals surface area contributed by atoms with Crippen molar-refractivity contribution < 1.29 is 32.0 Å². The van der Waals surface area contributed by atoms with E-state index in [2.05, 4.69) is 5.32 Å². The number of alkyl carbamates (subject to hydrolysis) is 1. The zero-order valence-electron chi connectivity index (χ0n) is 17.0. The molecule has 2 amide bonds. The van der Waals surface area contributed by atoms with E-state index >= 15 is 0 Å². The van der Waals surface area contributed by atoms with Crippen LogP contribution in [-0.4, -0.2) is 67.7 Å². The molecule has 0 aliphatic carbocycles. The second-order valence-electron chi connectivity index (χ2n) is 8.11. The van der Waals surface area contributed by atoms with Crippen molar-refractivity contribution in [2.75, 3.05) is 19.4 Å². The van der Waals surface area contributed by atoms with Gasteiger partial charge in [-0.1, -0.05) is 30.3 Å². The molecule has 1 aliphatic rings. The van der Waals surface area contributed by atoms with Crippen LogP contribution in [0, 0.1) is 5.92 Å². The van der Waals surface area contributed by atoms with Gasteiger partial charge in [-0.15, -0.1) is 0 Å². The number of benzene rings is 1. The Labute approximate surface area is 171 Å². The summed E-state index contributed by atoms with van der Waals surface area (Å²) in [5.74, 6) is -0.554. The molecule has 0 bridgehead atoms. The zero-order chi connectivity index (χ0) is 21.8. The van der Waals surface area contributed by atoms with Crippen molar-refractivity contribution in [3.8, 4) is 0 Å². The lowest BCUT2D eigenvalue weighted by molar-refractivity contribution is 0.0473. The second kappa shape index (κ2) is 9.00. The Morgan fingerprint density at radius 3 is 2.38 bits per heavy atom. The lowest BCUT2D eigenvalue weighted by atomic mass is 9.94. The highest BCUT2D eigenvalue weighted by Gasteiger charge is 2.45. The van der Waals surface area contributed by atoms with E-state index in [0.29, 0.717) is 6.42 Å². The summed E-state index contributed by atoms with van der Waals surface area (Å²) in [7, 11) is -3.72. The Morgan fingerprint density at radius 1 is 1.24 bits per heavy atom. The summed E-state index contributed by atoms with van der Waals surface area (Å²) in [6.45, 7) is 4.95. The number of rotatable bonds is 6. The highest BCUT2D eigenvalue weighted by atomic mass is 32.2. The van der Waals surface area contributed by atoms with Gasteiger partial charge in [0.1, 0.15) is 5.60 Å². The molecule has 162 valence electrons. The first kappa shape index (κ1) is 23.0. The lowest BCUT2D eigenvalue weighted by Gasteiger charge is -2.29. The van der Waals surface area contributed by atoms with Gasteiger partial charge in [0.05, 0.1) is 24.9 Å². The molecule has 0 spiro atoms. The molecule has 1 aromatic carbocycles. The zero-order valence-corrected chi connectivity index (χ0v) is 17.8. The molecule has 10 heteroatoms. The molecule has 3 atom stereocenters. The van der Waals surface area contributed by atoms with Gasteiger partial charge in [-0.05, 0) is 32.8 Å². The first-order valence-corrected chi connectivity index (χ1v) is 11.0. The van der Waals surface area contributed by atoms with Crippen molar-refractivity contribution in [1.82, 2.24) is 10.2 Å². The fourth-order valence-corrected chi connectivity index (χ4v) is 3.77. The van der Waals surface area contributed by atoms with Crippen LogP contribution in [0.3, 0.4) is 0 Å². The van der Waals surface area contributed by atoms with E-state index in [1.54, 1.807) is 20.8 Å². The van der Waals surface area contributed by atoms with Crippen LogP contribution in [0.15, 0.2) is 30.3 Å². The van der Waals surface area contributed by atoms with E-state index in [9.17, 15) is 23.1 Å². The van der Waals surface area contributed by atoms with Crippen LogP contribution in [0.4, 0.5) is 9.59 Å². The van der Waals surface area contributed by atoms with Crippen molar-refractivity contribution in [3.63, 3.8) is 0 Å². The molecular weight excluding hydrogens is 400 g/mol. The first-order valence-electron chi connectivity index (χ1n) is 9.23. The predicted molar refractivity (Wildman–Crippen MR) is 106 cm³/mol. The maximum absolute atomic E-state index is 12.4. The molecule has 9 nitrogen and oxygen atoms in total. The Kier molecular flexibility index (Phi) is 7.12. The Balaban J connectivity index is 2.29. The fourth-order valence-electron chi connectivity index (χ4n) is 3.35. The molecule has 1 fully saturated rings. The van der Waals surface area contributed by atoms with Gasteiger partial charge in [-0.3, -0.25) is 4.18 Å². The maximum Gasteiger partial charge on any atom is 0.407 e. The molecule has 1 aromatic rings. The highest BCUT2D eigenvalue weighted by molar-refractivity contribution is 7.85. The smallest absolute Gasteiger partial charge is 0.407 e. The first-order chi connectivity index (χ1) is 13.4. The van der Waals surface area contributed by atoms with E-state index in [1.807, 2.05) is 30.3 Å². The number of ether oxygens (including phenoxy) is 1. The van der Waals surface area contributed by atoms with Crippen molar-refractivity contribution >= 4 is 22.3 Å². The highest BCUT2D eigenvalue weighted by Crippen LogP contribution is 2.28. The molecular formula is C19H28N2O7S. The number of hydrogen-bond donors (Lipinski definition) is 2. The number of amides is 2. The molecule has 0 radical (unpaired) electrons. The van der Waals surface area contributed by atoms with Crippen molar-refractivity contribution in [1.29, 1.82) is 0 Å². The van der Waals surface area contributed by atoms with Crippen LogP contribution in [0.25, 0.3) is 0 Å². The number of likely N-dealkylation sites (tertiary alicyclic amines) is 1. The SMILES string of the molecule is CC(C)(C)OC(=O)N[C@@H]1C(Cc2ccccc2)N(C(=O)O)C[C@@H]1COS(C)(=O)=O. The monoisotopic (exact) mass is 428 g/mol. The molecule has 1 heterocycles. The predicted octanol–water partition coefficient (Wildman–Crippen LogP) is 2.08. The molecule has 2 N–H and O–H groups in total. The minimum Gasteiger partial charge on any atom is -0.465 e. The van der Waals surface area contributed by atoms with E-state index in [-0.39, 0.29) is 13.2 Å². The van der Waals surface area contributed by atoms with Crippen LogP contribution in [0.1, 0.15) is 26.3 Å². The van der Waals surface area contributed by atoms with Crippen LogP contribution >= 0.6 is 0 Å². The molecule has 1 unspecified atom stereocenters. The quantitative estimate of drug-likeness (QED) is 0.665. The van der Waals surface area contributed by atoms with Crippen LogP contribution in [0.5, 0.6) is 0 Å². The van der Waals surface area contributed by atoms with Gasteiger partial charge in [0.15, 0.2) is 0 Å². The third kappa shape index (κ3) is 7.21. The van der Waals surface area contributed by atoms with Gasteiger partial charge in [0.25, 0.3) is 10.1 Å². The Bertz CT molecular complexity index is 821. The maximum atomic E-state index is 12.4. The van der Waals surface area contributed by atoms with Gasteiger partial charge >= 0.3 is 12.2 Å². The largest absolute Gasteiger partial charge is 0.465 e. The minimum absolute atomic E-state index is 0.0306. The van der Waals surface area contributed by atoms with Crippen LogP contribution < -0.4 is 5.32 Å². The molecule has 29 heavy (non-hydrogen) atoms. The normalized spacial score (nSPS) is 22.3. The summed E-state index contributed by atoms with van der Waals surface area (Å²) in [5, 5.41) is 12.4. The number of hydrogen-bond acceptors (Lipinski definition) is 6. The van der Waals surface area contributed by atoms with Crippen LogP contribution in [0.2, 0.25) is 0 Å². The number of carbonyl (C=O) groups is 2. The summed E-state index contributed by atoms with van der Waals surface area (Å²) in [4.78, 5) is 25.4. The Morgan fingerprint density at radius 2 is 1.86 bits per heavy atom. The van der Waals surface area contributed by atoms with Gasteiger partial charge in [0, 0.05) is 12.5 Å². The summed E-state index contributed by atoms with van der Waals surface area (Å²) >= 11 is 0. The topological polar surface area (TPSA) is 122 Å². The number of nitrogens with one attached hydrogen (secondary N) is 1. The molecule has 0 saturated carbocycles. The molecule has 0 aromatic heterocycles. The average molecular weight is 429 g/mol. The van der Waals surface area contributed by atoms with E-state index in [0.717, 1.165) is 11.8 Å². The Hall–Kier alpha value is -2.33. The second-order valence-corrected chi connectivity index (χ2v) is 9.76. The van der Waals surface area contributed by atoms with Crippen LogP contribution in [-0.2, 0) is 25.5 Å². The third-order valence-corrected chi connectivity index (χ3v) is 5.03. The minimum atomic E-state index is -3.72. The van der Waals surface area contributed by atoms with Crippen molar-refractivity contribution in [2.24, 2.45) is 5.92 Å². The summed E-state index contributed by atoms with van der Waals surface area (Å²) in [6, 6.07) is 7.99. The van der Waals surface area contributed by atoms with E-state index < -0.39 is 45.9 Å². The molecule has 1 aliphatic heterocycles. The molecule has 1 saturated heterocycles. The standard InChI is InChI=1S/C19H28N2O7S/c1-19(2,3)28-17(22)20-16-14(12-27-29(4,25)26)11-21(18(23)24)15(16)10-13-8-6-5-7-9-13/h5-9,14-16H,10-12H2,1-4H3,(H,20,22)(H,23,24)/t14-,15?,16+/m1/s1. The lowest BCUT2D eigenvalue weighted by Crippen LogP contribution is -2.50. The summed E-state index contributed by atoms with van der Waals surface area (Å²) in [5.41, 5.74) is 0.160. The summed E-state index contributed by atoms with van der Waals surface area (Å²) in [6.07, 6.45) is -0.571. The van der Waals surface area contributed by atoms with E-state index in [1.165, 1.54) is 4.90 Å². The van der Waals surface area contributed by atoms with Gasteiger partial charge in [0.2, 0.25) is 0 Å². The number of nitrogens with zero attached hydrogens (tertiary/aromatic N) is 1. The van der Waals surface area contributed by atoms with Crippen molar-refractivity contribution in [2.45, 2.75) is 44.9 Å². The average Bonchev–Trinajstić information content (AvgIpc) is 2.89. The fraction of sp³-hybridized carbons (Fsp3) is 0.579. The number of carbonyl (C=O) groups excluding carboxylic acids is 1. The number of carboxylic acid groups (broad SMARTS) is 1. The van der Waals surface area contributed by atoms with E-state index in [4.69, 9.17) is 8.92 Å². The third-order valence-electron chi connectivity index (χ3n) is 4.47. The van der Waals surface area contributed by atoms with Gasteiger partial charge < -0.3 is 20.1 Å².